The lowest BCUT2D eigenvalue weighted by atomic mass is 10.0. The monoisotopic (exact) mass is 353 g/mol. The van der Waals surface area contributed by atoms with Gasteiger partial charge in [0.05, 0.1) is 17.7 Å². The molecule has 0 unspecified atom stereocenters. The lowest BCUT2D eigenvalue weighted by Crippen LogP contribution is -2.49. The van der Waals surface area contributed by atoms with Crippen molar-refractivity contribution in [3.05, 3.63) is 16.1 Å². The van der Waals surface area contributed by atoms with Gasteiger partial charge in [-0.05, 0) is 26.7 Å². The number of piperidine rings is 1. The number of amides is 4. The summed E-state index contributed by atoms with van der Waals surface area (Å²) in [5.41, 5.74) is 2.41. The minimum atomic E-state index is -0.468. The maximum absolute atomic E-state index is 12.2. The highest BCUT2D eigenvalue weighted by Gasteiger charge is 2.23. The zero-order valence-electron chi connectivity index (χ0n) is 13.9. The average Bonchev–Trinajstić information content (AvgIpc) is 2.95. The summed E-state index contributed by atoms with van der Waals surface area (Å²) in [5, 5.41) is 7.83. The molecule has 3 N–H and O–H groups in total. The van der Waals surface area contributed by atoms with Gasteiger partial charge in [0.2, 0.25) is 5.91 Å². The Labute approximate surface area is 145 Å². The number of nitrogens with one attached hydrogen (secondary N) is 3. The van der Waals surface area contributed by atoms with E-state index in [9.17, 15) is 14.4 Å². The minimum Gasteiger partial charge on any atom is -0.348 e. The molecule has 0 bridgehead atoms. The number of nitrogens with zero attached hydrogens (tertiary/aromatic N) is 2. The minimum absolute atomic E-state index is 0.0811. The number of thiazole rings is 1. The Bertz CT molecular complexity index is 596. The fourth-order valence-corrected chi connectivity index (χ4v) is 3.29. The maximum Gasteiger partial charge on any atom is 0.321 e. The van der Waals surface area contributed by atoms with Crippen LogP contribution in [0.3, 0.4) is 0 Å². The van der Waals surface area contributed by atoms with Crippen LogP contribution in [0.5, 0.6) is 0 Å². The average molecular weight is 353 g/mol. The van der Waals surface area contributed by atoms with E-state index in [1.165, 1.54) is 11.3 Å². The third-order valence-corrected chi connectivity index (χ3v) is 4.76. The zero-order chi connectivity index (χ0) is 17.5. The molecular weight excluding hydrogens is 330 g/mol. The van der Waals surface area contributed by atoms with E-state index >= 15 is 0 Å². The van der Waals surface area contributed by atoms with Crippen molar-refractivity contribution in [1.82, 2.24) is 25.8 Å². The van der Waals surface area contributed by atoms with Crippen molar-refractivity contribution in [1.29, 1.82) is 0 Å². The maximum atomic E-state index is 12.2. The fourth-order valence-electron chi connectivity index (χ4n) is 2.58. The van der Waals surface area contributed by atoms with Crippen LogP contribution in [-0.2, 0) is 4.79 Å². The molecule has 1 fully saturated rings. The van der Waals surface area contributed by atoms with Crippen molar-refractivity contribution < 1.29 is 14.4 Å². The van der Waals surface area contributed by atoms with Crippen LogP contribution in [-0.4, -0.2) is 60.0 Å². The van der Waals surface area contributed by atoms with E-state index in [2.05, 4.69) is 20.9 Å². The molecule has 1 aliphatic heterocycles. The summed E-state index contributed by atoms with van der Waals surface area (Å²) in [4.78, 5) is 41.9. The Kier molecular flexibility index (Phi) is 6.68. The van der Waals surface area contributed by atoms with Crippen LogP contribution >= 0.6 is 11.3 Å². The van der Waals surface area contributed by atoms with Gasteiger partial charge in [0, 0.05) is 25.7 Å². The molecule has 0 radical (unpaired) electrons. The van der Waals surface area contributed by atoms with Crippen molar-refractivity contribution in [2.24, 2.45) is 0 Å². The molecule has 8 nitrogen and oxygen atoms in total. The van der Waals surface area contributed by atoms with Gasteiger partial charge in [-0.3, -0.25) is 19.8 Å². The second-order valence-electron chi connectivity index (χ2n) is 5.70. The molecule has 132 valence electrons. The van der Waals surface area contributed by atoms with E-state index in [0.717, 1.165) is 18.5 Å². The van der Waals surface area contributed by atoms with Gasteiger partial charge in [-0.15, -0.1) is 11.3 Å². The standard InChI is InChI=1S/C15H23N5O3S/c1-3-16-15(23)19-12(21)8-20-6-4-11(5-7-20)18-14(22)13-10(2)17-9-24-13/h9,11H,3-8H2,1-2H3,(H,18,22)(H2,16,19,21,23). The number of rotatable bonds is 5. The predicted octanol–water partition coefficient (Wildman–Crippen LogP) is 0.491. The Morgan fingerprint density at radius 1 is 1.33 bits per heavy atom. The molecule has 2 heterocycles. The highest BCUT2D eigenvalue weighted by Crippen LogP contribution is 2.15. The first-order valence-electron chi connectivity index (χ1n) is 8.00. The largest absolute Gasteiger partial charge is 0.348 e. The summed E-state index contributed by atoms with van der Waals surface area (Å²) in [7, 11) is 0. The van der Waals surface area contributed by atoms with Gasteiger partial charge in [0.1, 0.15) is 4.88 Å². The molecule has 1 aromatic heterocycles. The number of imide groups is 1. The molecule has 2 rings (SSSR count). The second-order valence-corrected chi connectivity index (χ2v) is 6.55. The summed E-state index contributed by atoms with van der Waals surface area (Å²) < 4.78 is 0. The van der Waals surface area contributed by atoms with Crippen LogP contribution in [0, 0.1) is 6.92 Å². The zero-order valence-corrected chi connectivity index (χ0v) is 14.7. The van der Waals surface area contributed by atoms with Crippen LogP contribution in [0.25, 0.3) is 0 Å². The third kappa shape index (κ3) is 5.27. The molecule has 0 aliphatic carbocycles. The van der Waals surface area contributed by atoms with Crippen molar-refractivity contribution >= 4 is 29.2 Å². The lowest BCUT2D eigenvalue weighted by Gasteiger charge is -2.31. The van der Waals surface area contributed by atoms with Gasteiger partial charge in [0.15, 0.2) is 0 Å². The summed E-state index contributed by atoms with van der Waals surface area (Å²) in [6.07, 6.45) is 1.55. The first kappa shape index (κ1) is 18.3. The molecule has 0 atom stereocenters. The summed E-state index contributed by atoms with van der Waals surface area (Å²) >= 11 is 1.34. The predicted molar refractivity (Wildman–Crippen MR) is 91.0 cm³/mol. The number of aryl methyl sites for hydroxylation is 1. The SMILES string of the molecule is CCNC(=O)NC(=O)CN1CCC(NC(=O)c2scnc2C)CC1. The van der Waals surface area contributed by atoms with Crippen LogP contribution < -0.4 is 16.0 Å². The van der Waals surface area contributed by atoms with E-state index in [4.69, 9.17) is 0 Å². The van der Waals surface area contributed by atoms with E-state index in [1.807, 2.05) is 11.8 Å². The quantitative estimate of drug-likeness (QED) is 0.715. The van der Waals surface area contributed by atoms with Gasteiger partial charge in [-0.1, -0.05) is 0 Å². The van der Waals surface area contributed by atoms with E-state index in [1.54, 1.807) is 12.4 Å². The van der Waals surface area contributed by atoms with E-state index in [0.29, 0.717) is 24.5 Å². The summed E-state index contributed by atoms with van der Waals surface area (Å²) in [5.74, 6) is -0.397. The Balaban J connectivity index is 1.71. The van der Waals surface area contributed by atoms with Gasteiger partial charge in [-0.25, -0.2) is 9.78 Å². The van der Waals surface area contributed by atoms with Crippen LogP contribution in [0.2, 0.25) is 0 Å². The molecule has 0 aromatic carbocycles. The Morgan fingerprint density at radius 2 is 2.04 bits per heavy atom. The fraction of sp³-hybridized carbons (Fsp3) is 0.600. The van der Waals surface area contributed by atoms with Crippen LogP contribution in [0.4, 0.5) is 4.79 Å². The Morgan fingerprint density at radius 3 is 2.62 bits per heavy atom. The van der Waals surface area contributed by atoms with Crippen molar-refractivity contribution in [2.45, 2.75) is 32.7 Å². The number of hydrogen-bond donors (Lipinski definition) is 3. The number of likely N-dealkylation sites (tertiary alicyclic amines) is 1. The van der Waals surface area contributed by atoms with Gasteiger partial charge in [-0.2, -0.15) is 0 Å². The molecule has 0 spiro atoms. The first-order valence-corrected chi connectivity index (χ1v) is 8.88. The number of aromatic nitrogens is 1. The van der Waals surface area contributed by atoms with Crippen molar-refractivity contribution in [2.75, 3.05) is 26.2 Å². The number of urea groups is 1. The number of hydrogen-bond acceptors (Lipinski definition) is 6. The number of carbonyl (C=O) groups excluding carboxylic acids is 3. The Hall–Kier alpha value is -2.00. The topological polar surface area (TPSA) is 103 Å². The smallest absolute Gasteiger partial charge is 0.321 e. The number of carbonyl (C=O) groups is 3. The molecule has 9 heteroatoms. The highest BCUT2D eigenvalue weighted by atomic mass is 32.1. The molecule has 0 saturated carbocycles. The molecule has 1 aromatic rings. The van der Waals surface area contributed by atoms with Crippen molar-refractivity contribution in [3.63, 3.8) is 0 Å². The normalized spacial score (nSPS) is 15.8. The summed E-state index contributed by atoms with van der Waals surface area (Å²) in [6.45, 7) is 5.68. The molecule has 24 heavy (non-hydrogen) atoms. The second kappa shape index (κ2) is 8.74. The third-order valence-electron chi connectivity index (χ3n) is 3.83. The van der Waals surface area contributed by atoms with E-state index < -0.39 is 6.03 Å². The first-order chi connectivity index (χ1) is 11.5. The molecular formula is C15H23N5O3S. The summed E-state index contributed by atoms with van der Waals surface area (Å²) in [6, 6.07) is -0.369. The highest BCUT2D eigenvalue weighted by molar-refractivity contribution is 7.11. The van der Waals surface area contributed by atoms with Crippen LogP contribution in [0.1, 0.15) is 35.1 Å². The lowest BCUT2D eigenvalue weighted by molar-refractivity contribution is -0.121. The van der Waals surface area contributed by atoms with Crippen molar-refractivity contribution in [3.8, 4) is 0 Å². The van der Waals surface area contributed by atoms with Gasteiger partial charge < -0.3 is 10.6 Å². The van der Waals surface area contributed by atoms with E-state index in [-0.39, 0.29) is 24.4 Å². The van der Waals surface area contributed by atoms with Gasteiger partial charge in [0.25, 0.3) is 5.91 Å². The molecule has 1 saturated heterocycles. The molecule has 4 amide bonds. The van der Waals surface area contributed by atoms with Crippen LogP contribution in [0.15, 0.2) is 5.51 Å². The van der Waals surface area contributed by atoms with Gasteiger partial charge >= 0.3 is 6.03 Å². The molecule has 1 aliphatic rings.